The summed E-state index contributed by atoms with van der Waals surface area (Å²) in [6.45, 7) is 6.00. The first-order valence-electron chi connectivity index (χ1n) is 7.78. The van der Waals surface area contributed by atoms with Crippen LogP contribution in [0.2, 0.25) is 0 Å². The molecule has 0 saturated carbocycles. The van der Waals surface area contributed by atoms with Gasteiger partial charge in [-0.2, -0.15) is 0 Å². The second-order valence-electron chi connectivity index (χ2n) is 6.02. The van der Waals surface area contributed by atoms with Crippen molar-refractivity contribution in [2.45, 2.75) is 40.0 Å². The molecule has 1 atom stereocenters. The van der Waals surface area contributed by atoms with E-state index in [9.17, 15) is 9.59 Å². The predicted molar refractivity (Wildman–Crippen MR) is 88.8 cm³/mol. The van der Waals surface area contributed by atoms with Crippen molar-refractivity contribution in [3.8, 4) is 0 Å². The molecule has 2 amide bonds. The number of nitrogens with one attached hydrogen (secondary N) is 2. The smallest absolute Gasteiger partial charge is 0.243 e. The Morgan fingerprint density at radius 1 is 1.14 bits per heavy atom. The Balaban J connectivity index is 1.88. The lowest BCUT2D eigenvalue weighted by Gasteiger charge is -2.17. The van der Waals surface area contributed by atoms with Crippen LogP contribution in [0, 0.1) is 26.7 Å². The summed E-state index contributed by atoms with van der Waals surface area (Å²) in [5.74, 6) is -0.216. The van der Waals surface area contributed by atoms with Crippen molar-refractivity contribution in [1.82, 2.24) is 5.32 Å². The Kier molecular flexibility index (Phi) is 5.36. The highest BCUT2D eigenvalue weighted by molar-refractivity contribution is 5.96. The summed E-state index contributed by atoms with van der Waals surface area (Å²) >= 11 is 0. The highest BCUT2D eigenvalue weighted by atomic mass is 16.2. The van der Waals surface area contributed by atoms with Crippen molar-refractivity contribution < 1.29 is 9.59 Å². The maximum Gasteiger partial charge on any atom is 0.243 e. The number of amides is 2. The average Bonchev–Trinajstić information content (AvgIpc) is 2.49. The van der Waals surface area contributed by atoms with Crippen LogP contribution >= 0.6 is 0 Å². The summed E-state index contributed by atoms with van der Waals surface area (Å²) in [5, 5.41) is 5.63. The molecule has 1 aliphatic rings. The monoisotopic (exact) mass is 300 g/mol. The number of anilines is 1. The van der Waals surface area contributed by atoms with E-state index in [4.69, 9.17) is 0 Å². The number of carbonyl (C=O) groups is 2. The van der Waals surface area contributed by atoms with Gasteiger partial charge in [-0.1, -0.05) is 29.8 Å². The minimum absolute atomic E-state index is 0.000599. The fourth-order valence-corrected chi connectivity index (χ4v) is 2.90. The first kappa shape index (κ1) is 16.3. The number of hydrogen-bond donors (Lipinski definition) is 2. The topological polar surface area (TPSA) is 58.2 Å². The molecule has 0 spiro atoms. The van der Waals surface area contributed by atoms with Gasteiger partial charge in [0.15, 0.2) is 0 Å². The van der Waals surface area contributed by atoms with Gasteiger partial charge in [-0.25, -0.2) is 0 Å². The van der Waals surface area contributed by atoms with Crippen LogP contribution in [-0.2, 0) is 9.59 Å². The maximum atomic E-state index is 12.0. The molecule has 0 saturated heterocycles. The summed E-state index contributed by atoms with van der Waals surface area (Å²) in [5.41, 5.74) is 4.08. The lowest BCUT2D eigenvalue weighted by atomic mass is 9.94. The molecule has 4 heteroatoms. The molecule has 22 heavy (non-hydrogen) atoms. The summed E-state index contributed by atoms with van der Waals surface area (Å²) in [7, 11) is 0. The van der Waals surface area contributed by atoms with E-state index in [2.05, 4.69) is 16.7 Å². The number of allylic oxidation sites excluding steroid dienone is 2. The van der Waals surface area contributed by atoms with Gasteiger partial charge in [0.05, 0.1) is 6.54 Å². The van der Waals surface area contributed by atoms with Crippen molar-refractivity contribution in [2.75, 3.05) is 11.9 Å². The van der Waals surface area contributed by atoms with E-state index >= 15 is 0 Å². The fourth-order valence-electron chi connectivity index (χ4n) is 2.90. The minimum Gasteiger partial charge on any atom is -0.347 e. The van der Waals surface area contributed by atoms with Crippen LogP contribution in [0.4, 0.5) is 5.69 Å². The highest BCUT2D eigenvalue weighted by Crippen LogP contribution is 2.22. The molecular formula is C18H24N2O2. The molecule has 0 heterocycles. The minimum atomic E-state index is -0.185. The Morgan fingerprint density at radius 2 is 1.82 bits per heavy atom. The molecular weight excluding hydrogens is 276 g/mol. The largest absolute Gasteiger partial charge is 0.347 e. The van der Waals surface area contributed by atoms with Crippen LogP contribution in [-0.4, -0.2) is 18.4 Å². The van der Waals surface area contributed by atoms with Crippen LogP contribution in [0.25, 0.3) is 0 Å². The zero-order valence-corrected chi connectivity index (χ0v) is 13.5. The van der Waals surface area contributed by atoms with E-state index in [-0.39, 0.29) is 24.3 Å². The molecule has 1 aliphatic carbocycles. The molecule has 118 valence electrons. The molecule has 1 aromatic carbocycles. The number of carbonyl (C=O) groups excluding carboxylic acids is 2. The number of hydrogen-bond acceptors (Lipinski definition) is 2. The third-order valence-electron chi connectivity index (χ3n) is 4.00. The van der Waals surface area contributed by atoms with Gasteiger partial charge in [-0.05, 0) is 51.2 Å². The number of rotatable bonds is 4. The fraction of sp³-hybridized carbons (Fsp3) is 0.444. The van der Waals surface area contributed by atoms with Gasteiger partial charge >= 0.3 is 0 Å². The standard InChI is InChI=1S/C18H24N2O2/c1-12-9-13(2)17(14(3)10-12)20-16(21)11-19-18(22)15-7-5-4-6-8-15/h4-5,9-10,15H,6-8,11H2,1-3H3,(H,19,22)(H,20,21). The van der Waals surface area contributed by atoms with Crippen molar-refractivity contribution in [1.29, 1.82) is 0 Å². The van der Waals surface area contributed by atoms with Crippen molar-refractivity contribution in [3.63, 3.8) is 0 Å². The number of aryl methyl sites for hydroxylation is 3. The molecule has 1 unspecified atom stereocenters. The van der Waals surface area contributed by atoms with Crippen LogP contribution in [0.15, 0.2) is 24.3 Å². The second-order valence-corrected chi connectivity index (χ2v) is 6.02. The molecule has 0 aliphatic heterocycles. The normalized spacial score (nSPS) is 17.1. The van der Waals surface area contributed by atoms with Crippen LogP contribution in [0.5, 0.6) is 0 Å². The van der Waals surface area contributed by atoms with E-state index < -0.39 is 0 Å². The van der Waals surface area contributed by atoms with E-state index in [1.807, 2.05) is 39.0 Å². The maximum absolute atomic E-state index is 12.0. The van der Waals surface area contributed by atoms with Gasteiger partial charge in [-0.3, -0.25) is 9.59 Å². The summed E-state index contributed by atoms with van der Waals surface area (Å²) in [6.07, 6.45) is 6.70. The van der Waals surface area contributed by atoms with Crippen LogP contribution in [0.1, 0.15) is 36.0 Å². The molecule has 0 fully saturated rings. The number of benzene rings is 1. The van der Waals surface area contributed by atoms with E-state index in [1.54, 1.807) is 0 Å². The molecule has 4 nitrogen and oxygen atoms in total. The van der Waals surface area contributed by atoms with Gasteiger partial charge in [0, 0.05) is 11.6 Å². The van der Waals surface area contributed by atoms with E-state index in [1.165, 1.54) is 5.56 Å². The lowest BCUT2D eigenvalue weighted by Crippen LogP contribution is -2.37. The van der Waals surface area contributed by atoms with Crippen molar-refractivity contribution >= 4 is 17.5 Å². The SMILES string of the molecule is Cc1cc(C)c(NC(=O)CNC(=O)C2CC=CCC2)c(C)c1. The zero-order chi connectivity index (χ0) is 16.1. The first-order chi connectivity index (χ1) is 10.5. The predicted octanol–water partition coefficient (Wildman–Crippen LogP) is 3.02. The average molecular weight is 300 g/mol. The quantitative estimate of drug-likeness (QED) is 0.840. The third kappa shape index (κ3) is 4.20. The van der Waals surface area contributed by atoms with Crippen LogP contribution < -0.4 is 10.6 Å². The zero-order valence-electron chi connectivity index (χ0n) is 13.5. The Morgan fingerprint density at radius 3 is 2.41 bits per heavy atom. The first-order valence-corrected chi connectivity index (χ1v) is 7.78. The third-order valence-corrected chi connectivity index (χ3v) is 4.00. The molecule has 2 rings (SSSR count). The molecule has 0 aromatic heterocycles. The van der Waals surface area contributed by atoms with Crippen LogP contribution in [0.3, 0.4) is 0 Å². The molecule has 1 aromatic rings. The van der Waals surface area contributed by atoms with Crippen molar-refractivity contribution in [2.24, 2.45) is 5.92 Å². The Bertz CT molecular complexity index is 582. The molecule has 0 bridgehead atoms. The molecule has 0 radical (unpaired) electrons. The molecule has 2 N–H and O–H groups in total. The van der Waals surface area contributed by atoms with Gasteiger partial charge in [0.2, 0.25) is 11.8 Å². The van der Waals surface area contributed by atoms with Gasteiger partial charge in [0.25, 0.3) is 0 Å². The van der Waals surface area contributed by atoms with E-state index in [0.717, 1.165) is 36.1 Å². The summed E-state index contributed by atoms with van der Waals surface area (Å²) < 4.78 is 0. The summed E-state index contributed by atoms with van der Waals surface area (Å²) in [6, 6.07) is 4.07. The Labute approximate surface area is 132 Å². The van der Waals surface area contributed by atoms with Gasteiger partial charge < -0.3 is 10.6 Å². The summed E-state index contributed by atoms with van der Waals surface area (Å²) in [4.78, 5) is 24.1. The Hall–Kier alpha value is -2.10. The van der Waals surface area contributed by atoms with Crippen molar-refractivity contribution in [3.05, 3.63) is 41.0 Å². The van der Waals surface area contributed by atoms with E-state index in [0.29, 0.717) is 0 Å². The lowest BCUT2D eigenvalue weighted by molar-refractivity contribution is -0.127. The highest BCUT2D eigenvalue weighted by Gasteiger charge is 2.19. The van der Waals surface area contributed by atoms with Gasteiger partial charge in [0.1, 0.15) is 0 Å². The van der Waals surface area contributed by atoms with Gasteiger partial charge in [-0.15, -0.1) is 0 Å². The second kappa shape index (κ2) is 7.25.